The van der Waals surface area contributed by atoms with Crippen LogP contribution < -0.4 is 5.19 Å². The van der Waals surface area contributed by atoms with Crippen molar-refractivity contribution in [3.8, 4) is 0 Å². The summed E-state index contributed by atoms with van der Waals surface area (Å²) in [7, 11) is -0.913. The van der Waals surface area contributed by atoms with Gasteiger partial charge in [0.15, 0.2) is 0 Å². The van der Waals surface area contributed by atoms with Crippen LogP contribution in [-0.2, 0) is 4.74 Å². The van der Waals surface area contributed by atoms with Crippen molar-refractivity contribution < 1.29 is 4.74 Å². The van der Waals surface area contributed by atoms with Gasteiger partial charge in [0, 0.05) is 6.61 Å². The van der Waals surface area contributed by atoms with Crippen molar-refractivity contribution in [3.05, 3.63) is 30.3 Å². The van der Waals surface area contributed by atoms with Gasteiger partial charge in [0.1, 0.15) is 8.80 Å². The number of rotatable bonds is 5. The third kappa shape index (κ3) is 3.68. The van der Waals surface area contributed by atoms with Gasteiger partial charge < -0.3 is 4.74 Å². The van der Waals surface area contributed by atoms with Gasteiger partial charge in [0.25, 0.3) is 0 Å². The molecular weight excluding hydrogens is 224 g/mol. The van der Waals surface area contributed by atoms with Crippen molar-refractivity contribution >= 4 is 14.0 Å². The Bertz CT molecular complexity index is 306. The van der Waals surface area contributed by atoms with Crippen molar-refractivity contribution in [1.29, 1.82) is 0 Å². The molecule has 1 saturated heterocycles. The van der Waals surface area contributed by atoms with Gasteiger partial charge in [0.2, 0.25) is 0 Å². The van der Waals surface area contributed by atoms with Crippen molar-refractivity contribution in [2.24, 2.45) is 0 Å². The number of hydrogen-bond donors (Lipinski definition) is 0. The zero-order chi connectivity index (χ0) is 11.9. The van der Waals surface area contributed by atoms with E-state index < -0.39 is 8.80 Å². The minimum absolute atomic E-state index is 0.595. The smallest absolute Gasteiger partial charge is 0.104 e. The highest BCUT2D eigenvalue weighted by atomic mass is 28.3. The van der Waals surface area contributed by atoms with E-state index in [-0.39, 0.29) is 0 Å². The molecule has 1 aliphatic rings. The molecule has 1 aromatic rings. The summed E-state index contributed by atoms with van der Waals surface area (Å²) in [6.45, 7) is 3.28. The molecule has 0 saturated carbocycles. The lowest BCUT2D eigenvalue weighted by Gasteiger charge is -2.30. The van der Waals surface area contributed by atoms with Gasteiger partial charge in [-0.3, -0.25) is 0 Å². The molecule has 1 fully saturated rings. The Morgan fingerprint density at radius 3 is 2.71 bits per heavy atom. The Morgan fingerprint density at radius 2 is 2.06 bits per heavy atom. The van der Waals surface area contributed by atoms with E-state index in [9.17, 15) is 0 Å². The SMILES string of the molecule is CCCC[SiH](c1ccccc1)C1CCCCO1. The summed E-state index contributed by atoms with van der Waals surface area (Å²) >= 11 is 0. The van der Waals surface area contributed by atoms with E-state index in [2.05, 4.69) is 37.3 Å². The Labute approximate surface area is 107 Å². The molecule has 0 aromatic heterocycles. The standard InChI is InChI=1S/C15H24OSi/c1-2-3-13-17(14-9-5-4-6-10-14)15-11-7-8-12-16-15/h4-6,9-10,15,17H,2-3,7-8,11-13H2,1H3. The summed E-state index contributed by atoms with van der Waals surface area (Å²) in [5.74, 6) is 0. The first-order chi connectivity index (χ1) is 8.42. The second-order valence-corrected chi connectivity index (χ2v) is 8.27. The fourth-order valence-electron chi connectivity index (χ4n) is 2.77. The van der Waals surface area contributed by atoms with Gasteiger partial charge in [-0.1, -0.05) is 61.3 Å². The molecule has 1 aromatic carbocycles. The minimum Gasteiger partial charge on any atom is -0.382 e. The van der Waals surface area contributed by atoms with Crippen molar-refractivity contribution in [3.63, 3.8) is 0 Å². The lowest BCUT2D eigenvalue weighted by molar-refractivity contribution is 0.0632. The van der Waals surface area contributed by atoms with Crippen LogP contribution in [0, 0.1) is 0 Å². The van der Waals surface area contributed by atoms with Crippen LogP contribution in [0.5, 0.6) is 0 Å². The molecule has 0 amide bonds. The molecule has 1 aliphatic heterocycles. The topological polar surface area (TPSA) is 9.23 Å². The van der Waals surface area contributed by atoms with E-state index in [1.54, 1.807) is 5.19 Å². The summed E-state index contributed by atoms with van der Waals surface area (Å²) < 4.78 is 6.05. The monoisotopic (exact) mass is 248 g/mol. The average Bonchev–Trinajstić information content (AvgIpc) is 2.42. The van der Waals surface area contributed by atoms with Crippen molar-refractivity contribution in [1.82, 2.24) is 0 Å². The molecule has 2 rings (SSSR count). The Hall–Kier alpha value is -0.603. The van der Waals surface area contributed by atoms with Crippen molar-refractivity contribution in [2.75, 3.05) is 6.61 Å². The van der Waals surface area contributed by atoms with E-state index in [0.29, 0.717) is 5.73 Å². The largest absolute Gasteiger partial charge is 0.382 e. The van der Waals surface area contributed by atoms with E-state index in [0.717, 1.165) is 6.61 Å². The molecule has 0 N–H and O–H groups in total. The summed E-state index contributed by atoms with van der Waals surface area (Å²) in [5.41, 5.74) is 0.595. The molecule has 1 heterocycles. The molecule has 2 unspecified atom stereocenters. The third-order valence-corrected chi connectivity index (χ3v) is 7.45. The van der Waals surface area contributed by atoms with E-state index >= 15 is 0 Å². The number of ether oxygens (including phenoxy) is 1. The molecule has 0 aliphatic carbocycles. The summed E-state index contributed by atoms with van der Waals surface area (Å²) in [4.78, 5) is 0. The van der Waals surface area contributed by atoms with Crippen LogP contribution in [0.1, 0.15) is 39.0 Å². The quantitative estimate of drug-likeness (QED) is 0.728. The van der Waals surface area contributed by atoms with Crippen molar-refractivity contribution in [2.45, 2.75) is 50.8 Å². The Morgan fingerprint density at radius 1 is 1.24 bits per heavy atom. The van der Waals surface area contributed by atoms with Crippen LogP contribution in [0.2, 0.25) is 6.04 Å². The van der Waals surface area contributed by atoms with E-state index in [1.165, 1.54) is 38.1 Å². The summed E-state index contributed by atoms with van der Waals surface area (Å²) in [6, 6.07) is 12.5. The molecule has 0 radical (unpaired) electrons. The second kappa shape index (κ2) is 6.97. The summed E-state index contributed by atoms with van der Waals surface area (Å²) in [6.07, 6.45) is 6.61. The van der Waals surface area contributed by atoms with E-state index in [4.69, 9.17) is 4.74 Å². The van der Waals surface area contributed by atoms with Gasteiger partial charge in [-0.15, -0.1) is 0 Å². The first-order valence-corrected chi connectivity index (χ1v) is 9.14. The molecule has 0 bridgehead atoms. The highest BCUT2D eigenvalue weighted by Gasteiger charge is 2.26. The zero-order valence-electron chi connectivity index (χ0n) is 10.9. The molecule has 94 valence electrons. The maximum atomic E-state index is 6.05. The predicted molar refractivity (Wildman–Crippen MR) is 76.5 cm³/mol. The Kier molecular flexibility index (Phi) is 5.27. The van der Waals surface area contributed by atoms with Crippen LogP contribution in [0.25, 0.3) is 0 Å². The molecule has 0 spiro atoms. The highest BCUT2D eigenvalue weighted by Crippen LogP contribution is 2.18. The van der Waals surface area contributed by atoms with Gasteiger partial charge in [-0.2, -0.15) is 0 Å². The van der Waals surface area contributed by atoms with Crippen LogP contribution in [-0.4, -0.2) is 21.1 Å². The predicted octanol–water partition coefficient (Wildman–Crippen LogP) is 3.03. The molecule has 17 heavy (non-hydrogen) atoms. The second-order valence-electron chi connectivity index (χ2n) is 5.06. The normalized spacial score (nSPS) is 22.3. The van der Waals surface area contributed by atoms with Gasteiger partial charge in [0.05, 0.1) is 5.73 Å². The number of hydrogen-bond acceptors (Lipinski definition) is 1. The van der Waals surface area contributed by atoms with Crippen LogP contribution in [0.15, 0.2) is 30.3 Å². The highest BCUT2D eigenvalue weighted by molar-refractivity contribution is 6.74. The molecule has 1 nitrogen and oxygen atoms in total. The molecular formula is C15H24OSi. The van der Waals surface area contributed by atoms with Crippen LogP contribution >= 0.6 is 0 Å². The Balaban J connectivity index is 2.06. The molecule has 2 heteroatoms. The first kappa shape index (κ1) is 12.8. The van der Waals surface area contributed by atoms with Gasteiger partial charge in [-0.25, -0.2) is 0 Å². The lowest BCUT2D eigenvalue weighted by Crippen LogP contribution is -2.45. The number of benzene rings is 1. The fourth-order valence-corrected chi connectivity index (χ4v) is 6.48. The van der Waals surface area contributed by atoms with Crippen LogP contribution in [0.3, 0.4) is 0 Å². The maximum Gasteiger partial charge on any atom is 0.104 e. The maximum absolute atomic E-state index is 6.05. The summed E-state index contributed by atoms with van der Waals surface area (Å²) in [5, 5.41) is 1.60. The fraction of sp³-hybridized carbons (Fsp3) is 0.600. The average molecular weight is 248 g/mol. The van der Waals surface area contributed by atoms with Gasteiger partial charge >= 0.3 is 0 Å². The first-order valence-electron chi connectivity index (χ1n) is 7.08. The van der Waals surface area contributed by atoms with E-state index in [1.807, 2.05) is 0 Å². The lowest BCUT2D eigenvalue weighted by atomic mass is 10.2. The zero-order valence-corrected chi connectivity index (χ0v) is 12.1. The molecule has 2 atom stereocenters. The van der Waals surface area contributed by atoms with Gasteiger partial charge in [-0.05, 0) is 19.3 Å². The third-order valence-electron chi connectivity index (χ3n) is 3.76. The minimum atomic E-state index is -0.913. The number of unbranched alkanes of at least 4 members (excludes halogenated alkanes) is 1. The van der Waals surface area contributed by atoms with Crippen LogP contribution in [0.4, 0.5) is 0 Å².